The van der Waals surface area contributed by atoms with Crippen molar-refractivity contribution in [1.29, 1.82) is 0 Å². The van der Waals surface area contributed by atoms with Crippen LogP contribution in [-0.2, 0) is 16.0 Å². The molecule has 5 heteroatoms. The molecule has 2 saturated heterocycles. The van der Waals surface area contributed by atoms with Crippen molar-refractivity contribution in [2.75, 3.05) is 26.2 Å². The Morgan fingerprint density at radius 3 is 2.57 bits per heavy atom. The van der Waals surface area contributed by atoms with Gasteiger partial charge in [0.2, 0.25) is 11.8 Å². The lowest BCUT2D eigenvalue weighted by atomic mass is 9.90. The highest BCUT2D eigenvalue weighted by atomic mass is 16.2. The smallest absolute Gasteiger partial charge is 0.237 e. The minimum absolute atomic E-state index is 0.0523. The number of hydrogen-bond acceptors (Lipinski definition) is 3. The molecule has 124 valence electrons. The lowest BCUT2D eigenvalue weighted by molar-refractivity contribution is -0.136. The number of nitrogens with zero attached hydrogens (tertiary/aromatic N) is 1. The van der Waals surface area contributed by atoms with E-state index in [4.69, 9.17) is 0 Å². The Balaban J connectivity index is 1.45. The summed E-state index contributed by atoms with van der Waals surface area (Å²) in [5.74, 6) is 0.693. The third-order valence-corrected chi connectivity index (χ3v) is 4.84. The van der Waals surface area contributed by atoms with Crippen LogP contribution in [-0.4, -0.2) is 48.9 Å². The summed E-state index contributed by atoms with van der Waals surface area (Å²) in [5.41, 5.74) is 1.38. The first kappa shape index (κ1) is 16.0. The SMILES string of the molecule is O=C1NCCN[C@@H]1CC(=O)N1CCC(Cc2ccccc2)CC1. The molecule has 0 spiro atoms. The normalized spacial score (nSPS) is 22.7. The maximum absolute atomic E-state index is 12.4. The van der Waals surface area contributed by atoms with Crippen molar-refractivity contribution >= 4 is 11.8 Å². The molecule has 0 aromatic heterocycles. The van der Waals surface area contributed by atoms with Crippen molar-refractivity contribution < 1.29 is 9.59 Å². The zero-order valence-electron chi connectivity index (χ0n) is 13.5. The number of piperazine rings is 1. The van der Waals surface area contributed by atoms with Gasteiger partial charge >= 0.3 is 0 Å². The second-order valence-electron chi connectivity index (χ2n) is 6.52. The largest absolute Gasteiger partial charge is 0.353 e. The Morgan fingerprint density at radius 2 is 1.87 bits per heavy atom. The van der Waals surface area contributed by atoms with Gasteiger partial charge in [-0.05, 0) is 30.7 Å². The maximum Gasteiger partial charge on any atom is 0.237 e. The maximum atomic E-state index is 12.4. The van der Waals surface area contributed by atoms with E-state index in [-0.39, 0.29) is 24.3 Å². The average Bonchev–Trinajstić information content (AvgIpc) is 2.58. The van der Waals surface area contributed by atoms with E-state index in [0.29, 0.717) is 12.5 Å². The highest BCUT2D eigenvalue weighted by Crippen LogP contribution is 2.22. The van der Waals surface area contributed by atoms with E-state index < -0.39 is 0 Å². The summed E-state index contributed by atoms with van der Waals surface area (Å²) < 4.78 is 0. The quantitative estimate of drug-likeness (QED) is 0.869. The summed E-state index contributed by atoms with van der Waals surface area (Å²) in [6.07, 6.45) is 3.46. The fourth-order valence-corrected chi connectivity index (χ4v) is 3.45. The predicted octanol–water partition coefficient (Wildman–Crippen LogP) is 0.946. The van der Waals surface area contributed by atoms with Gasteiger partial charge in [-0.3, -0.25) is 9.59 Å². The first-order valence-electron chi connectivity index (χ1n) is 8.55. The van der Waals surface area contributed by atoms with Crippen molar-refractivity contribution in [2.24, 2.45) is 5.92 Å². The fraction of sp³-hybridized carbons (Fsp3) is 0.556. The van der Waals surface area contributed by atoms with Crippen LogP contribution in [0, 0.1) is 5.92 Å². The van der Waals surface area contributed by atoms with Crippen molar-refractivity contribution in [3.63, 3.8) is 0 Å². The lowest BCUT2D eigenvalue weighted by Gasteiger charge is -2.33. The van der Waals surface area contributed by atoms with Gasteiger partial charge in [-0.25, -0.2) is 0 Å². The number of piperidine rings is 1. The van der Waals surface area contributed by atoms with Crippen molar-refractivity contribution in [3.8, 4) is 0 Å². The highest BCUT2D eigenvalue weighted by molar-refractivity contribution is 5.88. The zero-order valence-corrected chi connectivity index (χ0v) is 13.5. The van der Waals surface area contributed by atoms with Crippen molar-refractivity contribution in [1.82, 2.24) is 15.5 Å². The minimum Gasteiger partial charge on any atom is -0.353 e. The summed E-state index contributed by atoms with van der Waals surface area (Å²) in [6, 6.07) is 10.2. The van der Waals surface area contributed by atoms with E-state index in [1.54, 1.807) is 0 Å². The van der Waals surface area contributed by atoms with Gasteiger partial charge in [-0.2, -0.15) is 0 Å². The standard InChI is InChI=1S/C18H25N3O2/c22-17(13-16-18(23)20-9-8-19-16)21-10-6-15(7-11-21)12-14-4-2-1-3-5-14/h1-5,15-16,19H,6-13H2,(H,20,23)/t16-/m1/s1. The summed E-state index contributed by atoms with van der Waals surface area (Å²) in [7, 11) is 0. The number of amides is 2. The van der Waals surface area contributed by atoms with Gasteiger partial charge in [0, 0.05) is 26.2 Å². The topological polar surface area (TPSA) is 61.4 Å². The zero-order chi connectivity index (χ0) is 16.1. The molecule has 5 nitrogen and oxygen atoms in total. The molecule has 2 heterocycles. The molecule has 2 N–H and O–H groups in total. The Kier molecular flexibility index (Phi) is 5.28. The molecule has 0 saturated carbocycles. The van der Waals surface area contributed by atoms with Gasteiger partial charge in [-0.15, -0.1) is 0 Å². The van der Waals surface area contributed by atoms with Gasteiger partial charge in [0.1, 0.15) is 0 Å². The second-order valence-corrected chi connectivity index (χ2v) is 6.52. The molecular weight excluding hydrogens is 290 g/mol. The monoisotopic (exact) mass is 315 g/mol. The number of likely N-dealkylation sites (tertiary alicyclic amines) is 1. The predicted molar refractivity (Wildman–Crippen MR) is 88.9 cm³/mol. The summed E-state index contributed by atoms with van der Waals surface area (Å²) in [4.78, 5) is 26.0. The molecule has 0 bridgehead atoms. The third kappa shape index (κ3) is 4.32. The summed E-state index contributed by atoms with van der Waals surface area (Å²) in [5, 5.41) is 5.92. The van der Waals surface area contributed by atoms with Gasteiger partial charge in [0.15, 0.2) is 0 Å². The number of carbonyl (C=O) groups is 2. The molecule has 23 heavy (non-hydrogen) atoms. The molecule has 2 aliphatic rings. The Hall–Kier alpha value is -1.88. The molecule has 1 aromatic rings. The van der Waals surface area contributed by atoms with Crippen LogP contribution in [0.1, 0.15) is 24.8 Å². The fourth-order valence-electron chi connectivity index (χ4n) is 3.45. The number of carbonyl (C=O) groups excluding carboxylic acids is 2. The second kappa shape index (κ2) is 7.59. The molecule has 0 radical (unpaired) electrons. The van der Waals surface area contributed by atoms with Crippen molar-refractivity contribution in [3.05, 3.63) is 35.9 Å². The van der Waals surface area contributed by atoms with Crippen LogP contribution >= 0.6 is 0 Å². The van der Waals surface area contributed by atoms with Gasteiger partial charge < -0.3 is 15.5 Å². The number of rotatable bonds is 4. The van der Waals surface area contributed by atoms with Crippen LogP contribution in [0.25, 0.3) is 0 Å². The average molecular weight is 315 g/mol. The number of benzene rings is 1. The lowest BCUT2D eigenvalue weighted by Crippen LogP contribution is -2.54. The van der Waals surface area contributed by atoms with Crippen LogP contribution in [0.3, 0.4) is 0 Å². The van der Waals surface area contributed by atoms with Gasteiger partial charge in [-0.1, -0.05) is 30.3 Å². The van der Waals surface area contributed by atoms with E-state index >= 15 is 0 Å². The Labute approximate surface area is 137 Å². The van der Waals surface area contributed by atoms with Crippen LogP contribution < -0.4 is 10.6 Å². The van der Waals surface area contributed by atoms with Crippen LogP contribution in [0.5, 0.6) is 0 Å². The molecular formula is C18H25N3O2. The van der Waals surface area contributed by atoms with Gasteiger partial charge in [0.25, 0.3) is 0 Å². The third-order valence-electron chi connectivity index (χ3n) is 4.84. The minimum atomic E-state index is -0.363. The molecule has 3 rings (SSSR count). The molecule has 0 unspecified atom stereocenters. The summed E-state index contributed by atoms with van der Waals surface area (Å²) in [6.45, 7) is 3.01. The van der Waals surface area contributed by atoms with Crippen LogP contribution in [0.15, 0.2) is 30.3 Å². The van der Waals surface area contributed by atoms with E-state index in [0.717, 1.165) is 38.9 Å². The van der Waals surface area contributed by atoms with Crippen LogP contribution in [0.2, 0.25) is 0 Å². The van der Waals surface area contributed by atoms with E-state index in [9.17, 15) is 9.59 Å². The Bertz CT molecular complexity index is 538. The van der Waals surface area contributed by atoms with Crippen molar-refractivity contribution in [2.45, 2.75) is 31.7 Å². The molecule has 2 aliphatic heterocycles. The van der Waals surface area contributed by atoms with Crippen LogP contribution in [0.4, 0.5) is 0 Å². The molecule has 2 amide bonds. The number of hydrogen-bond donors (Lipinski definition) is 2. The summed E-state index contributed by atoms with van der Waals surface area (Å²) >= 11 is 0. The first-order chi connectivity index (χ1) is 11.2. The Morgan fingerprint density at radius 1 is 1.13 bits per heavy atom. The van der Waals surface area contributed by atoms with E-state index in [1.807, 2.05) is 11.0 Å². The number of nitrogens with one attached hydrogen (secondary N) is 2. The molecule has 0 aliphatic carbocycles. The highest BCUT2D eigenvalue weighted by Gasteiger charge is 2.28. The molecule has 1 atom stereocenters. The molecule has 2 fully saturated rings. The van der Waals surface area contributed by atoms with E-state index in [1.165, 1.54) is 5.56 Å². The van der Waals surface area contributed by atoms with Gasteiger partial charge in [0.05, 0.1) is 12.5 Å². The molecule has 1 aromatic carbocycles. The van der Waals surface area contributed by atoms with E-state index in [2.05, 4.69) is 34.9 Å². The first-order valence-corrected chi connectivity index (χ1v) is 8.55.